The molecule has 2 aromatic carbocycles. The number of piperazine rings is 1. The Labute approximate surface area is 193 Å². The minimum absolute atomic E-state index is 0.0484. The fourth-order valence-electron chi connectivity index (χ4n) is 3.66. The fraction of sp³-hybridized carbons (Fsp3) is 0.364. The molecule has 1 aliphatic rings. The number of rotatable bonds is 8. The van der Waals surface area contributed by atoms with Crippen LogP contribution in [0.15, 0.2) is 42.5 Å². The maximum Gasteiger partial charge on any atom is 0.416 e. The first kappa shape index (κ1) is 25.0. The molecule has 1 aliphatic heterocycles. The van der Waals surface area contributed by atoms with Crippen LogP contribution in [0.4, 0.5) is 24.5 Å². The van der Waals surface area contributed by atoms with Crippen LogP contribution >= 0.6 is 0 Å². The third-order valence-corrected chi connectivity index (χ3v) is 5.55. The van der Waals surface area contributed by atoms with Gasteiger partial charge in [-0.3, -0.25) is 24.6 Å². The van der Waals surface area contributed by atoms with Gasteiger partial charge in [0.05, 0.1) is 10.5 Å². The number of alkyl halides is 3. The van der Waals surface area contributed by atoms with E-state index >= 15 is 0 Å². The molecule has 2 amide bonds. The highest BCUT2D eigenvalue weighted by Gasteiger charge is 2.33. The quantitative estimate of drug-likeness (QED) is 0.444. The van der Waals surface area contributed by atoms with Crippen molar-refractivity contribution in [1.82, 2.24) is 9.80 Å². The number of benzene rings is 2. The number of primary amides is 1. The molecule has 0 aliphatic carbocycles. The lowest BCUT2D eigenvalue weighted by atomic mass is 10.1. The predicted molar refractivity (Wildman–Crippen MR) is 118 cm³/mol. The van der Waals surface area contributed by atoms with Crippen LogP contribution in [-0.4, -0.2) is 59.3 Å². The van der Waals surface area contributed by atoms with Crippen molar-refractivity contribution in [3.05, 3.63) is 69.3 Å². The molecule has 3 N–H and O–H groups in total. The van der Waals surface area contributed by atoms with Gasteiger partial charge < -0.3 is 16.0 Å². The summed E-state index contributed by atoms with van der Waals surface area (Å²) in [6.07, 6.45) is -4.64. The Balaban J connectivity index is 1.47. The molecule has 1 saturated heterocycles. The van der Waals surface area contributed by atoms with Gasteiger partial charge in [0.25, 0.3) is 5.69 Å². The van der Waals surface area contributed by atoms with Crippen LogP contribution in [0, 0.1) is 10.1 Å². The van der Waals surface area contributed by atoms with Crippen LogP contribution in [0.5, 0.6) is 0 Å². The zero-order chi connectivity index (χ0) is 24.9. The van der Waals surface area contributed by atoms with Crippen molar-refractivity contribution in [2.75, 3.05) is 38.0 Å². The number of halogens is 3. The summed E-state index contributed by atoms with van der Waals surface area (Å²) in [5, 5.41) is 13.8. The van der Waals surface area contributed by atoms with Gasteiger partial charge in [0, 0.05) is 57.3 Å². The highest BCUT2D eigenvalue weighted by atomic mass is 19.4. The molecule has 0 atom stereocenters. The first-order valence-electron chi connectivity index (χ1n) is 10.5. The average molecular weight is 479 g/mol. The number of carbonyl (C=O) groups is 2. The van der Waals surface area contributed by atoms with Gasteiger partial charge in [0.2, 0.25) is 11.8 Å². The Morgan fingerprint density at radius 1 is 1.06 bits per heavy atom. The number of nitrogens with one attached hydrogen (secondary N) is 1. The van der Waals surface area contributed by atoms with Gasteiger partial charge in [-0.1, -0.05) is 12.1 Å². The second kappa shape index (κ2) is 10.5. The molecule has 3 rings (SSSR count). The minimum Gasteiger partial charge on any atom is -0.379 e. The van der Waals surface area contributed by atoms with Crippen LogP contribution in [-0.2, 0) is 17.5 Å². The van der Waals surface area contributed by atoms with Gasteiger partial charge in [-0.15, -0.1) is 0 Å². The third kappa shape index (κ3) is 6.44. The summed E-state index contributed by atoms with van der Waals surface area (Å²) in [7, 11) is 0. The maximum absolute atomic E-state index is 12.8. The topological polar surface area (TPSA) is 122 Å². The number of anilines is 1. The summed E-state index contributed by atoms with van der Waals surface area (Å²) in [4.78, 5) is 37.8. The lowest BCUT2D eigenvalue weighted by Gasteiger charge is -2.35. The van der Waals surface area contributed by atoms with Crippen LogP contribution in [0.2, 0.25) is 0 Å². The zero-order valence-corrected chi connectivity index (χ0v) is 18.2. The summed E-state index contributed by atoms with van der Waals surface area (Å²) in [5.41, 5.74) is 4.82. The minimum atomic E-state index is -4.69. The zero-order valence-electron chi connectivity index (χ0n) is 18.2. The van der Waals surface area contributed by atoms with Gasteiger partial charge in [-0.2, -0.15) is 13.2 Å². The average Bonchev–Trinajstić information content (AvgIpc) is 2.79. The molecule has 182 valence electrons. The molecular weight excluding hydrogens is 455 g/mol. The molecule has 0 radical (unpaired) electrons. The Kier molecular flexibility index (Phi) is 7.72. The van der Waals surface area contributed by atoms with Crippen molar-refractivity contribution in [3.8, 4) is 0 Å². The second-order valence-electron chi connectivity index (χ2n) is 7.88. The van der Waals surface area contributed by atoms with E-state index in [0.717, 1.165) is 17.7 Å². The highest BCUT2D eigenvalue weighted by molar-refractivity contribution is 5.92. The summed E-state index contributed by atoms with van der Waals surface area (Å²) in [6, 6.07) is 9.26. The molecule has 0 spiro atoms. The van der Waals surface area contributed by atoms with Crippen molar-refractivity contribution < 1.29 is 27.7 Å². The van der Waals surface area contributed by atoms with E-state index in [2.05, 4.69) is 10.2 Å². The first-order valence-corrected chi connectivity index (χ1v) is 10.5. The molecule has 1 fully saturated rings. The molecule has 12 heteroatoms. The van der Waals surface area contributed by atoms with Crippen LogP contribution in [0.25, 0.3) is 0 Å². The third-order valence-electron chi connectivity index (χ3n) is 5.55. The van der Waals surface area contributed by atoms with E-state index in [1.807, 2.05) is 12.1 Å². The molecule has 0 unspecified atom stereocenters. The van der Waals surface area contributed by atoms with Gasteiger partial charge in [-0.05, 0) is 29.8 Å². The van der Waals surface area contributed by atoms with Crippen molar-refractivity contribution >= 4 is 23.2 Å². The Hall–Kier alpha value is -3.67. The van der Waals surface area contributed by atoms with Crippen molar-refractivity contribution in [3.63, 3.8) is 0 Å². The van der Waals surface area contributed by atoms with Gasteiger partial charge in [0.1, 0.15) is 5.69 Å². The van der Waals surface area contributed by atoms with E-state index in [1.165, 1.54) is 0 Å². The standard InChI is InChI=1S/C22H24F3N5O4/c23-22(24,25)17-5-6-18(19(13-17)30(33)34)27-8-7-20(31)29-11-9-28(10-12-29)14-15-1-3-16(4-2-15)21(26)32/h1-6,13,27H,7-12,14H2,(H2,26,32). The Morgan fingerprint density at radius 2 is 1.71 bits per heavy atom. The Bertz CT molecular complexity index is 1050. The highest BCUT2D eigenvalue weighted by Crippen LogP contribution is 2.34. The molecule has 34 heavy (non-hydrogen) atoms. The van der Waals surface area contributed by atoms with Crippen LogP contribution < -0.4 is 11.1 Å². The monoisotopic (exact) mass is 479 g/mol. The normalized spacial score (nSPS) is 14.6. The number of nitrogens with two attached hydrogens (primary N) is 1. The van der Waals surface area contributed by atoms with E-state index < -0.39 is 28.3 Å². The Morgan fingerprint density at radius 3 is 2.26 bits per heavy atom. The predicted octanol–water partition coefficient (Wildman–Crippen LogP) is 2.86. The molecule has 1 heterocycles. The smallest absolute Gasteiger partial charge is 0.379 e. The van der Waals surface area contributed by atoms with Gasteiger partial charge in [0.15, 0.2) is 0 Å². The van der Waals surface area contributed by atoms with Crippen molar-refractivity contribution in [2.24, 2.45) is 5.73 Å². The van der Waals surface area contributed by atoms with E-state index in [4.69, 9.17) is 5.73 Å². The molecule has 0 aromatic heterocycles. The largest absolute Gasteiger partial charge is 0.416 e. The number of hydrogen-bond acceptors (Lipinski definition) is 6. The molecule has 0 bridgehead atoms. The molecule has 9 nitrogen and oxygen atoms in total. The van der Waals surface area contributed by atoms with Gasteiger partial charge in [-0.25, -0.2) is 0 Å². The fourth-order valence-corrected chi connectivity index (χ4v) is 3.66. The van der Waals surface area contributed by atoms with Crippen molar-refractivity contribution in [1.29, 1.82) is 0 Å². The maximum atomic E-state index is 12.8. The van der Waals surface area contributed by atoms with Crippen LogP contribution in [0.3, 0.4) is 0 Å². The summed E-state index contributed by atoms with van der Waals surface area (Å²) >= 11 is 0. The molecule has 0 saturated carbocycles. The molecule has 2 aromatic rings. The number of amides is 2. The molecular formula is C22H24F3N5O4. The van der Waals surface area contributed by atoms with E-state index in [1.54, 1.807) is 17.0 Å². The SMILES string of the molecule is NC(=O)c1ccc(CN2CCN(C(=O)CCNc3ccc(C(F)(F)F)cc3[N+](=O)[O-])CC2)cc1. The van der Waals surface area contributed by atoms with Crippen molar-refractivity contribution in [2.45, 2.75) is 19.1 Å². The number of nitrogens with zero attached hydrogens (tertiary/aromatic N) is 3. The number of hydrogen-bond donors (Lipinski definition) is 2. The first-order chi connectivity index (χ1) is 16.0. The number of carbonyl (C=O) groups excluding carboxylic acids is 2. The second-order valence-corrected chi connectivity index (χ2v) is 7.88. The lowest BCUT2D eigenvalue weighted by molar-refractivity contribution is -0.384. The summed E-state index contributed by atoms with van der Waals surface area (Å²) in [6.45, 7) is 3.05. The van der Waals surface area contributed by atoms with E-state index in [0.29, 0.717) is 44.4 Å². The summed E-state index contributed by atoms with van der Waals surface area (Å²) in [5.74, 6) is -0.631. The summed E-state index contributed by atoms with van der Waals surface area (Å²) < 4.78 is 38.4. The van der Waals surface area contributed by atoms with E-state index in [9.17, 15) is 32.9 Å². The van der Waals surface area contributed by atoms with E-state index in [-0.39, 0.29) is 24.6 Å². The number of nitro groups is 1. The lowest BCUT2D eigenvalue weighted by Crippen LogP contribution is -2.48. The number of nitro benzene ring substituents is 1. The van der Waals surface area contributed by atoms with Crippen LogP contribution in [0.1, 0.15) is 27.9 Å². The van der Waals surface area contributed by atoms with Gasteiger partial charge >= 0.3 is 6.18 Å².